The molecule has 2 rings (SSSR count). The second kappa shape index (κ2) is 5.28. The van der Waals surface area contributed by atoms with Crippen molar-refractivity contribution >= 4 is 15.5 Å². The van der Waals surface area contributed by atoms with Crippen LogP contribution in [0.5, 0.6) is 0 Å². The second-order valence-electron chi connectivity index (χ2n) is 4.68. The summed E-state index contributed by atoms with van der Waals surface area (Å²) in [4.78, 5) is 0.350. The molecule has 0 aromatic heterocycles. The smallest absolute Gasteiger partial charge is 0.178 e. The van der Waals surface area contributed by atoms with E-state index in [1.54, 1.807) is 31.2 Å². The van der Waals surface area contributed by atoms with Gasteiger partial charge in [-0.15, -0.1) is 0 Å². The number of rotatable bonds is 4. The van der Waals surface area contributed by atoms with Crippen LogP contribution in [0.25, 0.3) is 0 Å². The molecule has 1 aromatic rings. The zero-order valence-corrected chi connectivity index (χ0v) is 11.3. The molecular weight excluding hydrogens is 250 g/mol. The predicted molar refractivity (Wildman–Crippen MR) is 71.4 cm³/mol. The Labute approximate surface area is 108 Å². The van der Waals surface area contributed by atoms with Crippen molar-refractivity contribution in [3.8, 4) is 0 Å². The van der Waals surface area contributed by atoms with Crippen molar-refractivity contribution in [2.75, 3.05) is 11.1 Å². The van der Waals surface area contributed by atoms with Gasteiger partial charge < -0.3 is 10.4 Å². The van der Waals surface area contributed by atoms with E-state index >= 15 is 0 Å². The molecule has 0 bridgehead atoms. The Balaban J connectivity index is 2.08. The topological polar surface area (TPSA) is 66.4 Å². The Hall–Kier alpha value is -1.07. The Morgan fingerprint density at radius 3 is 2.44 bits per heavy atom. The molecule has 0 aliphatic heterocycles. The summed E-state index contributed by atoms with van der Waals surface area (Å²) in [7, 11) is -3.13. The van der Waals surface area contributed by atoms with Crippen LogP contribution in [0.4, 0.5) is 5.69 Å². The standard InChI is InChI=1S/C13H19NO3S/c1-2-18(16,17)11-8-6-10(7-9-11)14-12-4-3-5-13(12)15/h6-9,12-15H,2-5H2,1H3/t12-,13-/m1/s1. The van der Waals surface area contributed by atoms with Gasteiger partial charge in [0, 0.05) is 5.69 Å². The first-order valence-corrected chi connectivity index (χ1v) is 7.95. The van der Waals surface area contributed by atoms with E-state index in [4.69, 9.17) is 0 Å². The summed E-state index contributed by atoms with van der Waals surface area (Å²) in [6.07, 6.45) is 2.51. The van der Waals surface area contributed by atoms with Crippen molar-refractivity contribution in [3.63, 3.8) is 0 Å². The van der Waals surface area contributed by atoms with Crippen molar-refractivity contribution in [1.82, 2.24) is 0 Å². The van der Waals surface area contributed by atoms with E-state index in [2.05, 4.69) is 5.32 Å². The molecule has 1 aliphatic carbocycles. The van der Waals surface area contributed by atoms with Gasteiger partial charge in [-0.25, -0.2) is 8.42 Å². The first-order valence-electron chi connectivity index (χ1n) is 6.30. The number of aliphatic hydroxyl groups excluding tert-OH is 1. The first kappa shape index (κ1) is 13.4. The average Bonchev–Trinajstić information content (AvgIpc) is 2.76. The summed E-state index contributed by atoms with van der Waals surface area (Å²) in [6, 6.07) is 6.82. The molecule has 4 nitrogen and oxygen atoms in total. The number of hydrogen-bond donors (Lipinski definition) is 2. The highest BCUT2D eigenvalue weighted by Crippen LogP contribution is 2.23. The van der Waals surface area contributed by atoms with Crippen molar-refractivity contribution in [3.05, 3.63) is 24.3 Å². The summed E-state index contributed by atoms with van der Waals surface area (Å²) < 4.78 is 23.3. The van der Waals surface area contributed by atoms with E-state index in [1.807, 2.05) is 0 Å². The third-order valence-corrected chi connectivity index (χ3v) is 5.18. The van der Waals surface area contributed by atoms with Crippen LogP contribution in [0.1, 0.15) is 26.2 Å². The third-order valence-electron chi connectivity index (χ3n) is 3.43. The van der Waals surface area contributed by atoms with Gasteiger partial charge >= 0.3 is 0 Å². The van der Waals surface area contributed by atoms with E-state index in [9.17, 15) is 13.5 Å². The Morgan fingerprint density at radius 2 is 1.94 bits per heavy atom. The molecule has 100 valence electrons. The lowest BCUT2D eigenvalue weighted by molar-refractivity contribution is 0.172. The van der Waals surface area contributed by atoms with Crippen LogP contribution < -0.4 is 5.32 Å². The highest BCUT2D eigenvalue weighted by atomic mass is 32.2. The van der Waals surface area contributed by atoms with Gasteiger partial charge in [0.05, 0.1) is 22.8 Å². The molecule has 1 fully saturated rings. The summed E-state index contributed by atoms with van der Waals surface area (Å²) >= 11 is 0. The van der Waals surface area contributed by atoms with Gasteiger partial charge in [-0.1, -0.05) is 6.92 Å². The fourth-order valence-electron chi connectivity index (χ4n) is 2.25. The molecule has 5 heteroatoms. The van der Waals surface area contributed by atoms with Crippen molar-refractivity contribution in [2.24, 2.45) is 0 Å². The lowest BCUT2D eigenvalue weighted by Gasteiger charge is -2.17. The van der Waals surface area contributed by atoms with Gasteiger partial charge in [0.2, 0.25) is 0 Å². The number of anilines is 1. The van der Waals surface area contributed by atoms with Gasteiger partial charge in [0.1, 0.15) is 0 Å². The van der Waals surface area contributed by atoms with Gasteiger partial charge in [0.25, 0.3) is 0 Å². The lowest BCUT2D eigenvalue weighted by Crippen LogP contribution is -2.27. The molecule has 0 spiro atoms. The summed E-state index contributed by atoms with van der Waals surface area (Å²) in [6.45, 7) is 1.64. The molecule has 0 unspecified atom stereocenters. The van der Waals surface area contributed by atoms with Crippen LogP contribution in [-0.4, -0.2) is 31.4 Å². The maximum absolute atomic E-state index is 11.6. The predicted octanol–water partition coefficient (Wildman–Crippen LogP) is 1.81. The average molecular weight is 269 g/mol. The fourth-order valence-corrected chi connectivity index (χ4v) is 3.13. The largest absolute Gasteiger partial charge is 0.391 e. The minimum Gasteiger partial charge on any atom is -0.391 e. The second-order valence-corrected chi connectivity index (χ2v) is 6.96. The molecule has 0 saturated heterocycles. The number of hydrogen-bond acceptors (Lipinski definition) is 4. The first-order chi connectivity index (χ1) is 8.53. The normalized spacial score (nSPS) is 24.1. The van der Waals surface area contributed by atoms with Gasteiger partial charge in [-0.05, 0) is 43.5 Å². The van der Waals surface area contributed by atoms with Gasteiger partial charge in [0.15, 0.2) is 9.84 Å². The molecular formula is C13H19NO3S. The Bertz CT molecular complexity index is 495. The number of benzene rings is 1. The summed E-state index contributed by atoms with van der Waals surface area (Å²) in [5.41, 5.74) is 0.857. The molecule has 1 aliphatic rings. The van der Waals surface area contributed by atoms with Crippen molar-refractivity contribution in [2.45, 2.75) is 43.2 Å². The van der Waals surface area contributed by atoms with Crippen molar-refractivity contribution < 1.29 is 13.5 Å². The van der Waals surface area contributed by atoms with Crippen molar-refractivity contribution in [1.29, 1.82) is 0 Å². The van der Waals surface area contributed by atoms with E-state index in [0.717, 1.165) is 24.9 Å². The molecule has 0 radical (unpaired) electrons. The maximum atomic E-state index is 11.6. The number of aliphatic hydroxyl groups is 1. The molecule has 0 heterocycles. The number of nitrogens with one attached hydrogen (secondary N) is 1. The molecule has 0 amide bonds. The fraction of sp³-hybridized carbons (Fsp3) is 0.538. The zero-order chi connectivity index (χ0) is 13.2. The van der Waals surface area contributed by atoms with Crippen LogP contribution in [0.2, 0.25) is 0 Å². The van der Waals surface area contributed by atoms with Crippen LogP contribution in [0.15, 0.2) is 29.2 Å². The lowest BCUT2D eigenvalue weighted by atomic mass is 10.2. The van der Waals surface area contributed by atoms with E-state index in [1.165, 1.54) is 0 Å². The van der Waals surface area contributed by atoms with Gasteiger partial charge in [-0.3, -0.25) is 0 Å². The monoisotopic (exact) mass is 269 g/mol. The zero-order valence-electron chi connectivity index (χ0n) is 10.5. The minimum absolute atomic E-state index is 0.0821. The molecule has 2 atom stereocenters. The van der Waals surface area contributed by atoms with E-state index < -0.39 is 9.84 Å². The molecule has 2 N–H and O–H groups in total. The summed E-state index contributed by atoms with van der Waals surface area (Å²) in [5.74, 6) is 0.112. The SMILES string of the molecule is CCS(=O)(=O)c1ccc(N[C@@H]2CCC[C@H]2O)cc1. The summed E-state index contributed by atoms with van der Waals surface area (Å²) in [5, 5.41) is 13.0. The maximum Gasteiger partial charge on any atom is 0.178 e. The molecule has 18 heavy (non-hydrogen) atoms. The van der Waals surface area contributed by atoms with E-state index in [-0.39, 0.29) is 17.9 Å². The van der Waals surface area contributed by atoms with Crippen LogP contribution in [-0.2, 0) is 9.84 Å². The quantitative estimate of drug-likeness (QED) is 0.875. The highest BCUT2D eigenvalue weighted by molar-refractivity contribution is 7.91. The number of sulfone groups is 1. The molecule has 1 saturated carbocycles. The van der Waals surface area contributed by atoms with Gasteiger partial charge in [-0.2, -0.15) is 0 Å². The van der Waals surface area contributed by atoms with Crippen LogP contribution in [0.3, 0.4) is 0 Å². The van der Waals surface area contributed by atoms with Crippen LogP contribution >= 0.6 is 0 Å². The Morgan fingerprint density at radius 1 is 1.28 bits per heavy atom. The van der Waals surface area contributed by atoms with Crippen LogP contribution in [0, 0.1) is 0 Å². The Kier molecular flexibility index (Phi) is 3.92. The minimum atomic E-state index is -3.13. The highest BCUT2D eigenvalue weighted by Gasteiger charge is 2.24. The molecule has 1 aromatic carbocycles. The van der Waals surface area contributed by atoms with E-state index in [0.29, 0.717) is 4.90 Å². The third kappa shape index (κ3) is 2.84.